The number of urea groups is 1. The Labute approximate surface area is 283 Å². The third-order valence-corrected chi connectivity index (χ3v) is 9.58. The van der Waals surface area contributed by atoms with E-state index in [1.807, 2.05) is 16.8 Å². The van der Waals surface area contributed by atoms with E-state index in [0.29, 0.717) is 47.7 Å². The lowest BCUT2D eigenvalue weighted by Gasteiger charge is -2.22. The Balaban J connectivity index is 1.54. The first kappa shape index (κ1) is 33.6. The van der Waals surface area contributed by atoms with Crippen LogP contribution in [0.5, 0.6) is 0 Å². The van der Waals surface area contributed by atoms with Crippen molar-refractivity contribution in [2.24, 2.45) is 0 Å². The Morgan fingerprint density at radius 1 is 1.02 bits per heavy atom. The number of thiophene rings is 1. The quantitative estimate of drug-likeness (QED) is 0.198. The number of likely N-dealkylation sites (tertiary alicyclic amines) is 1. The minimum atomic E-state index is -0.829. The predicted octanol–water partition coefficient (Wildman–Crippen LogP) is 4.34. The van der Waals surface area contributed by atoms with Gasteiger partial charge in [0.25, 0.3) is 5.56 Å². The summed E-state index contributed by atoms with van der Waals surface area (Å²) in [5, 5.41) is 2.84. The third kappa shape index (κ3) is 6.99. The second-order valence-electron chi connectivity index (χ2n) is 11.5. The molecule has 0 atom stereocenters. The molecule has 254 valence electrons. The standard InChI is InChI=1S/C34H33F2N7O5S/c1-40(17-18-41-16-6-10-28(41)44)19-24-29-31(45)43(27-9-3-4-15-37-27)34(47)42(20-23-25(35)7-5-8-26(23)36)32(29)49-30(24)21-11-13-22(14-12-21)38-33(46)39-48-2/h3-5,7-9,11-15H,6,10,16-20H2,1-2H3,(H2,38,39,46). The Kier molecular flexibility index (Phi) is 9.94. The molecule has 1 fully saturated rings. The fourth-order valence-corrected chi connectivity index (χ4v) is 7.16. The lowest BCUT2D eigenvalue weighted by Crippen LogP contribution is -2.40. The van der Waals surface area contributed by atoms with Gasteiger partial charge in [-0.05, 0) is 61.0 Å². The summed E-state index contributed by atoms with van der Waals surface area (Å²) < 4.78 is 32.1. The van der Waals surface area contributed by atoms with Gasteiger partial charge in [-0.25, -0.2) is 33.4 Å². The lowest BCUT2D eigenvalue weighted by atomic mass is 10.1. The van der Waals surface area contributed by atoms with Gasteiger partial charge < -0.3 is 15.1 Å². The maximum Gasteiger partial charge on any atom is 0.343 e. The molecular formula is C34H33F2N7O5S. The first-order valence-electron chi connectivity index (χ1n) is 15.5. The zero-order valence-corrected chi connectivity index (χ0v) is 27.6. The molecule has 1 saturated heterocycles. The van der Waals surface area contributed by atoms with Crippen LogP contribution in [0, 0.1) is 11.6 Å². The number of fused-ring (bicyclic) bond motifs is 1. The van der Waals surface area contributed by atoms with E-state index in [0.717, 1.165) is 34.5 Å². The van der Waals surface area contributed by atoms with Gasteiger partial charge >= 0.3 is 11.7 Å². The summed E-state index contributed by atoms with van der Waals surface area (Å²) >= 11 is 1.15. The van der Waals surface area contributed by atoms with Gasteiger partial charge in [0.05, 0.1) is 19.0 Å². The Morgan fingerprint density at radius 3 is 2.43 bits per heavy atom. The van der Waals surface area contributed by atoms with Crippen molar-refractivity contribution in [3.63, 3.8) is 0 Å². The van der Waals surface area contributed by atoms with Crippen molar-refractivity contribution in [2.45, 2.75) is 25.9 Å². The van der Waals surface area contributed by atoms with E-state index < -0.39 is 35.5 Å². The molecule has 4 heterocycles. The highest BCUT2D eigenvalue weighted by Gasteiger charge is 2.27. The molecule has 2 N–H and O–H groups in total. The fraction of sp³-hybridized carbons (Fsp3) is 0.265. The topological polar surface area (TPSA) is 131 Å². The number of pyridine rings is 1. The van der Waals surface area contributed by atoms with E-state index in [1.165, 1.54) is 30.0 Å². The Bertz CT molecular complexity index is 2110. The van der Waals surface area contributed by atoms with Crippen molar-refractivity contribution in [1.82, 2.24) is 29.4 Å². The molecule has 3 amide bonds. The van der Waals surface area contributed by atoms with Gasteiger partial charge in [0, 0.05) is 54.9 Å². The van der Waals surface area contributed by atoms with Crippen LogP contribution in [-0.2, 0) is 22.7 Å². The Hall–Kier alpha value is -5.25. The SMILES string of the molecule is CONC(=O)Nc1ccc(-c2sc3c(c2CN(C)CCN2CCCC2=O)c(=O)n(-c2ccccn2)c(=O)n3Cc2c(F)cccc2F)cc1. The van der Waals surface area contributed by atoms with Crippen LogP contribution < -0.4 is 22.0 Å². The van der Waals surface area contributed by atoms with Crippen LogP contribution in [-0.4, -0.2) is 69.6 Å². The number of carbonyl (C=O) groups is 2. The zero-order valence-electron chi connectivity index (χ0n) is 26.7. The van der Waals surface area contributed by atoms with Crippen molar-refractivity contribution < 1.29 is 23.2 Å². The van der Waals surface area contributed by atoms with Gasteiger partial charge in [0.1, 0.15) is 22.3 Å². The van der Waals surface area contributed by atoms with E-state index in [4.69, 9.17) is 0 Å². The van der Waals surface area contributed by atoms with Crippen LogP contribution in [0.3, 0.4) is 0 Å². The highest BCUT2D eigenvalue weighted by atomic mass is 32.1. The van der Waals surface area contributed by atoms with E-state index >= 15 is 0 Å². The number of nitrogens with one attached hydrogen (secondary N) is 2. The molecule has 0 saturated carbocycles. The minimum Gasteiger partial charge on any atom is -0.341 e. The largest absolute Gasteiger partial charge is 0.343 e. The van der Waals surface area contributed by atoms with Gasteiger partial charge in [0.2, 0.25) is 5.91 Å². The molecule has 6 rings (SSSR count). The van der Waals surface area contributed by atoms with Crippen molar-refractivity contribution in [3.05, 3.63) is 110 Å². The number of nitrogens with zero attached hydrogens (tertiary/aromatic N) is 5. The number of halogens is 2. The molecule has 0 aliphatic carbocycles. The summed E-state index contributed by atoms with van der Waals surface area (Å²) in [6.45, 7) is 1.47. The first-order valence-corrected chi connectivity index (χ1v) is 16.3. The van der Waals surface area contributed by atoms with Crippen molar-refractivity contribution in [2.75, 3.05) is 39.1 Å². The number of anilines is 1. The lowest BCUT2D eigenvalue weighted by molar-refractivity contribution is -0.127. The number of rotatable bonds is 11. The Morgan fingerprint density at radius 2 is 1.78 bits per heavy atom. The average molecular weight is 690 g/mol. The normalized spacial score (nSPS) is 13.1. The van der Waals surface area contributed by atoms with Crippen molar-refractivity contribution in [3.8, 4) is 16.3 Å². The molecule has 0 unspecified atom stereocenters. The van der Waals surface area contributed by atoms with E-state index in [1.54, 1.807) is 36.4 Å². The number of carbonyl (C=O) groups excluding carboxylic acids is 2. The van der Waals surface area contributed by atoms with Gasteiger partial charge in [-0.3, -0.25) is 19.0 Å². The third-order valence-electron chi connectivity index (χ3n) is 8.28. The summed E-state index contributed by atoms with van der Waals surface area (Å²) in [7, 11) is 3.19. The molecule has 2 aromatic carbocycles. The number of likely N-dealkylation sites (N-methyl/N-ethyl adjacent to an activating group) is 1. The molecular weight excluding hydrogens is 656 g/mol. The summed E-state index contributed by atoms with van der Waals surface area (Å²) in [6.07, 6.45) is 2.78. The first-order chi connectivity index (χ1) is 23.7. The van der Waals surface area contributed by atoms with Crippen LogP contribution in [0.25, 0.3) is 26.5 Å². The molecule has 1 aliphatic heterocycles. The molecule has 15 heteroatoms. The second-order valence-corrected chi connectivity index (χ2v) is 12.5. The van der Waals surface area contributed by atoms with E-state index in [2.05, 4.69) is 20.6 Å². The summed E-state index contributed by atoms with van der Waals surface area (Å²) in [5.74, 6) is -1.49. The molecule has 3 aromatic heterocycles. The summed E-state index contributed by atoms with van der Waals surface area (Å²) in [4.78, 5) is 66.4. The second kappa shape index (κ2) is 14.5. The van der Waals surface area contributed by atoms with Gasteiger partial charge in [-0.2, -0.15) is 0 Å². The molecule has 0 spiro atoms. The number of hydrogen-bond acceptors (Lipinski definition) is 8. The highest BCUT2D eigenvalue weighted by Crippen LogP contribution is 2.38. The summed E-state index contributed by atoms with van der Waals surface area (Å²) in [5.41, 5.74) is 2.16. The van der Waals surface area contributed by atoms with Crippen molar-refractivity contribution >= 4 is 39.2 Å². The predicted molar refractivity (Wildman–Crippen MR) is 182 cm³/mol. The number of aromatic nitrogens is 3. The number of hydroxylamine groups is 1. The van der Waals surface area contributed by atoms with Crippen molar-refractivity contribution in [1.29, 1.82) is 0 Å². The summed E-state index contributed by atoms with van der Waals surface area (Å²) in [6, 6.07) is 14.6. The van der Waals surface area contributed by atoms with Crippen LogP contribution in [0.1, 0.15) is 24.0 Å². The van der Waals surface area contributed by atoms with Crippen LogP contribution in [0.2, 0.25) is 0 Å². The maximum atomic E-state index is 15.0. The molecule has 49 heavy (non-hydrogen) atoms. The fourth-order valence-electron chi connectivity index (χ4n) is 5.86. The van der Waals surface area contributed by atoms with E-state index in [-0.39, 0.29) is 34.0 Å². The molecule has 1 aliphatic rings. The molecule has 0 radical (unpaired) electrons. The number of benzene rings is 2. The molecule has 12 nitrogen and oxygen atoms in total. The number of hydrogen-bond donors (Lipinski definition) is 2. The van der Waals surface area contributed by atoms with Gasteiger partial charge in [0.15, 0.2) is 0 Å². The smallest absolute Gasteiger partial charge is 0.341 e. The number of amides is 3. The van der Waals surface area contributed by atoms with Gasteiger partial charge in [-0.15, -0.1) is 11.3 Å². The van der Waals surface area contributed by atoms with E-state index in [9.17, 15) is 28.0 Å². The van der Waals surface area contributed by atoms with Crippen LogP contribution in [0.15, 0.2) is 76.4 Å². The van der Waals surface area contributed by atoms with Crippen LogP contribution >= 0.6 is 11.3 Å². The van der Waals surface area contributed by atoms with Crippen LogP contribution in [0.4, 0.5) is 19.3 Å². The van der Waals surface area contributed by atoms with Gasteiger partial charge in [-0.1, -0.05) is 24.3 Å². The monoisotopic (exact) mass is 689 g/mol. The zero-order chi connectivity index (χ0) is 34.7. The average Bonchev–Trinajstić information content (AvgIpc) is 3.67. The maximum absolute atomic E-state index is 15.0. The highest BCUT2D eigenvalue weighted by molar-refractivity contribution is 7.22. The minimum absolute atomic E-state index is 0.0616. The molecule has 0 bridgehead atoms. The molecule has 5 aromatic rings.